The molecule has 0 aliphatic heterocycles. The topological polar surface area (TPSA) is 63.1 Å². The van der Waals surface area contributed by atoms with Crippen LogP contribution in [0.25, 0.3) is 0 Å². The average Bonchev–Trinajstić information content (AvgIpc) is 2.38. The normalized spacial score (nSPS) is 38.1. The molecule has 4 aliphatic carbocycles. The van der Waals surface area contributed by atoms with Crippen molar-refractivity contribution in [1.82, 2.24) is 9.97 Å². The molecule has 5 rings (SSSR count). The molecule has 4 bridgehead atoms. The van der Waals surface area contributed by atoms with Gasteiger partial charge < -0.3 is 5.11 Å². The summed E-state index contributed by atoms with van der Waals surface area (Å²) >= 11 is 0. The number of hydrogen-bond donors (Lipinski definition) is 1. The molecule has 1 aromatic heterocycles. The molecule has 4 fully saturated rings. The SMILES string of the molecule is O=C(O)Cc1ncc(C2C3CC4CC(C3)CC2C4)cn1. The molecule has 1 aromatic rings. The van der Waals surface area contributed by atoms with Crippen LogP contribution in [0.5, 0.6) is 0 Å². The van der Waals surface area contributed by atoms with E-state index >= 15 is 0 Å². The van der Waals surface area contributed by atoms with E-state index in [1.54, 1.807) is 0 Å². The van der Waals surface area contributed by atoms with Crippen LogP contribution in [0.3, 0.4) is 0 Å². The van der Waals surface area contributed by atoms with Gasteiger partial charge in [0.25, 0.3) is 0 Å². The number of nitrogens with zero attached hydrogens (tertiary/aromatic N) is 2. The standard InChI is InChI=1S/C16H20N2O2/c19-15(20)6-14-17-7-13(8-18-14)16-11-2-9-1-10(4-11)5-12(16)3-9/h7-12,16H,1-6H2,(H,19,20). The van der Waals surface area contributed by atoms with E-state index in [0.717, 1.165) is 23.7 Å². The molecule has 0 spiro atoms. The first-order valence-corrected chi connectivity index (χ1v) is 7.71. The summed E-state index contributed by atoms with van der Waals surface area (Å²) in [5, 5.41) is 8.77. The smallest absolute Gasteiger partial charge is 0.311 e. The molecule has 1 N–H and O–H groups in total. The molecule has 0 unspecified atom stereocenters. The highest BCUT2D eigenvalue weighted by molar-refractivity contribution is 5.68. The van der Waals surface area contributed by atoms with Crippen molar-refractivity contribution >= 4 is 5.97 Å². The Morgan fingerprint density at radius 3 is 2.10 bits per heavy atom. The number of aromatic nitrogens is 2. The molecule has 4 heteroatoms. The van der Waals surface area contributed by atoms with Crippen LogP contribution in [0.2, 0.25) is 0 Å². The van der Waals surface area contributed by atoms with Crippen molar-refractivity contribution in [3.05, 3.63) is 23.8 Å². The first kappa shape index (κ1) is 12.3. The van der Waals surface area contributed by atoms with Crippen molar-refractivity contribution in [3.8, 4) is 0 Å². The van der Waals surface area contributed by atoms with Crippen LogP contribution < -0.4 is 0 Å². The molecule has 0 radical (unpaired) electrons. The van der Waals surface area contributed by atoms with Gasteiger partial charge in [0.05, 0.1) is 0 Å². The highest BCUT2D eigenvalue weighted by atomic mass is 16.4. The second-order valence-electron chi connectivity index (χ2n) is 6.96. The largest absolute Gasteiger partial charge is 0.481 e. The van der Waals surface area contributed by atoms with Crippen LogP contribution in [-0.2, 0) is 11.2 Å². The zero-order valence-corrected chi connectivity index (χ0v) is 11.5. The molecule has 20 heavy (non-hydrogen) atoms. The lowest BCUT2D eigenvalue weighted by atomic mass is 9.51. The van der Waals surface area contributed by atoms with Crippen molar-refractivity contribution in [1.29, 1.82) is 0 Å². The van der Waals surface area contributed by atoms with Crippen molar-refractivity contribution in [2.45, 2.75) is 44.4 Å². The quantitative estimate of drug-likeness (QED) is 0.918. The third-order valence-corrected chi connectivity index (χ3v) is 5.65. The maximum absolute atomic E-state index is 10.7. The minimum absolute atomic E-state index is 0.0814. The second-order valence-corrected chi connectivity index (χ2v) is 6.96. The van der Waals surface area contributed by atoms with Gasteiger partial charge in [0, 0.05) is 12.4 Å². The number of carboxylic acids is 1. The molecule has 0 aromatic carbocycles. The number of carbonyl (C=O) groups is 1. The van der Waals surface area contributed by atoms with Crippen LogP contribution in [-0.4, -0.2) is 21.0 Å². The number of rotatable bonds is 3. The monoisotopic (exact) mass is 272 g/mol. The minimum atomic E-state index is -0.868. The van der Waals surface area contributed by atoms with Gasteiger partial charge in [-0.2, -0.15) is 0 Å². The molecule has 0 atom stereocenters. The summed E-state index contributed by atoms with van der Waals surface area (Å²) in [7, 11) is 0. The first-order valence-electron chi connectivity index (χ1n) is 7.71. The molecule has 0 amide bonds. The van der Waals surface area contributed by atoms with Crippen molar-refractivity contribution in [3.63, 3.8) is 0 Å². The van der Waals surface area contributed by atoms with Gasteiger partial charge in [-0.1, -0.05) is 0 Å². The molecule has 4 aliphatic rings. The number of hydrogen-bond acceptors (Lipinski definition) is 3. The Labute approximate surface area is 118 Å². The molecule has 1 heterocycles. The Morgan fingerprint density at radius 1 is 1.05 bits per heavy atom. The third-order valence-electron chi connectivity index (χ3n) is 5.65. The van der Waals surface area contributed by atoms with Gasteiger partial charge in [0.1, 0.15) is 12.2 Å². The summed E-state index contributed by atoms with van der Waals surface area (Å²) in [5.74, 6) is 3.77. The fraction of sp³-hybridized carbons (Fsp3) is 0.688. The summed E-state index contributed by atoms with van der Waals surface area (Å²) < 4.78 is 0. The third kappa shape index (κ3) is 2.02. The Hall–Kier alpha value is -1.45. The van der Waals surface area contributed by atoms with Crippen molar-refractivity contribution in [2.24, 2.45) is 23.7 Å². The molecular weight excluding hydrogens is 252 g/mol. The van der Waals surface area contributed by atoms with Crippen LogP contribution in [0.4, 0.5) is 0 Å². The summed E-state index contributed by atoms with van der Waals surface area (Å²) in [4.78, 5) is 19.2. The van der Waals surface area contributed by atoms with E-state index in [9.17, 15) is 4.79 Å². The second kappa shape index (κ2) is 4.54. The zero-order chi connectivity index (χ0) is 13.7. The Balaban J connectivity index is 1.57. The van der Waals surface area contributed by atoms with Gasteiger partial charge >= 0.3 is 5.97 Å². The minimum Gasteiger partial charge on any atom is -0.481 e. The highest BCUT2D eigenvalue weighted by Gasteiger charge is 2.48. The van der Waals surface area contributed by atoms with Gasteiger partial charge in [-0.25, -0.2) is 9.97 Å². The lowest BCUT2D eigenvalue weighted by molar-refractivity contribution is -0.136. The van der Waals surface area contributed by atoms with Crippen molar-refractivity contribution < 1.29 is 9.90 Å². The van der Waals surface area contributed by atoms with Gasteiger partial charge in [0.15, 0.2) is 0 Å². The van der Waals surface area contributed by atoms with Gasteiger partial charge in [-0.3, -0.25) is 4.79 Å². The van der Waals surface area contributed by atoms with E-state index in [1.165, 1.54) is 37.7 Å². The fourth-order valence-corrected chi connectivity index (χ4v) is 5.23. The summed E-state index contributed by atoms with van der Waals surface area (Å²) in [6.07, 6.45) is 10.7. The molecule has 106 valence electrons. The molecule has 4 nitrogen and oxygen atoms in total. The predicted octanol–water partition coefficient (Wildman–Crippen LogP) is 2.64. The summed E-state index contributed by atoms with van der Waals surface area (Å²) in [6.45, 7) is 0. The lowest BCUT2D eigenvalue weighted by Gasteiger charge is -2.54. The summed E-state index contributed by atoms with van der Waals surface area (Å²) in [5.41, 5.74) is 1.24. The highest BCUT2D eigenvalue weighted by Crippen LogP contribution is 2.59. The van der Waals surface area contributed by atoms with Crippen LogP contribution in [0.15, 0.2) is 12.4 Å². The van der Waals surface area contributed by atoms with Crippen LogP contribution in [0, 0.1) is 23.7 Å². The van der Waals surface area contributed by atoms with E-state index in [1.807, 2.05) is 12.4 Å². The Kier molecular flexibility index (Phi) is 2.79. The van der Waals surface area contributed by atoms with Crippen LogP contribution >= 0.6 is 0 Å². The van der Waals surface area contributed by atoms with E-state index in [0.29, 0.717) is 11.7 Å². The fourth-order valence-electron chi connectivity index (χ4n) is 5.23. The van der Waals surface area contributed by atoms with E-state index < -0.39 is 5.97 Å². The molecule has 0 saturated heterocycles. The Morgan fingerprint density at radius 2 is 1.60 bits per heavy atom. The summed E-state index contributed by atoms with van der Waals surface area (Å²) in [6, 6.07) is 0. The predicted molar refractivity (Wildman–Crippen MR) is 73.2 cm³/mol. The maximum atomic E-state index is 10.7. The maximum Gasteiger partial charge on any atom is 0.311 e. The van der Waals surface area contributed by atoms with Gasteiger partial charge in [-0.05, 0) is 67.3 Å². The number of carboxylic acid groups (broad SMARTS) is 1. The van der Waals surface area contributed by atoms with E-state index in [4.69, 9.17) is 5.11 Å². The van der Waals surface area contributed by atoms with Gasteiger partial charge in [0.2, 0.25) is 0 Å². The van der Waals surface area contributed by atoms with E-state index in [-0.39, 0.29) is 6.42 Å². The van der Waals surface area contributed by atoms with Crippen molar-refractivity contribution in [2.75, 3.05) is 0 Å². The van der Waals surface area contributed by atoms with Crippen LogP contribution in [0.1, 0.15) is 49.4 Å². The molecular formula is C16H20N2O2. The Bertz CT molecular complexity index is 498. The first-order chi connectivity index (χ1) is 9.69. The molecule has 4 saturated carbocycles. The van der Waals surface area contributed by atoms with E-state index in [2.05, 4.69) is 9.97 Å². The van der Waals surface area contributed by atoms with Gasteiger partial charge in [-0.15, -0.1) is 0 Å². The average molecular weight is 272 g/mol. The number of aliphatic carboxylic acids is 1. The lowest BCUT2D eigenvalue weighted by Crippen LogP contribution is -2.43. The zero-order valence-electron chi connectivity index (χ0n) is 11.5.